The van der Waals surface area contributed by atoms with E-state index in [-0.39, 0.29) is 25.2 Å². The molecule has 0 amide bonds. The van der Waals surface area contributed by atoms with E-state index in [1.54, 1.807) is 0 Å². The summed E-state index contributed by atoms with van der Waals surface area (Å²) >= 11 is 0. The Balaban J connectivity index is 0.00000121. The van der Waals surface area contributed by atoms with Gasteiger partial charge in [0.1, 0.15) is 5.82 Å². The molecule has 0 saturated carbocycles. The van der Waals surface area contributed by atoms with Gasteiger partial charge >= 0.3 is 0 Å². The average Bonchev–Trinajstić information content (AvgIpc) is 1.85. The molecule has 0 radical (unpaired) electrons. The highest BCUT2D eigenvalue weighted by Crippen LogP contribution is 2.09. The van der Waals surface area contributed by atoms with E-state index in [2.05, 4.69) is 15.0 Å². The number of nitrogens with zero attached hydrogens (tertiary/aromatic N) is 3. The molecule has 0 fully saturated rings. The van der Waals surface area contributed by atoms with Crippen LogP contribution in [-0.4, -0.2) is 15.0 Å². The average molecular weight is 169 g/mol. The quantitative estimate of drug-likeness (QED) is 0.648. The second-order valence-electron chi connectivity index (χ2n) is 2.56. The molecular formula is C7H15N5. The fourth-order valence-corrected chi connectivity index (χ4v) is 0.685. The van der Waals surface area contributed by atoms with Gasteiger partial charge < -0.3 is 11.5 Å². The molecule has 0 bridgehead atoms. The van der Waals surface area contributed by atoms with Gasteiger partial charge in [-0.2, -0.15) is 15.0 Å². The van der Waals surface area contributed by atoms with E-state index in [1.165, 1.54) is 0 Å². The Morgan fingerprint density at radius 1 is 1.00 bits per heavy atom. The van der Waals surface area contributed by atoms with Crippen molar-refractivity contribution in [3.63, 3.8) is 0 Å². The standard InChI is InChI=1S/C6H11N5.CH4/c1-3(2)4-9-5(7)11-6(8)10-4;/h3H,1-2H3,(H4,7,8,9,10,11);1H4. The minimum absolute atomic E-state index is 0. The number of anilines is 2. The molecule has 5 heteroatoms. The minimum Gasteiger partial charge on any atom is -0.368 e. The maximum Gasteiger partial charge on any atom is 0.225 e. The predicted octanol–water partition coefficient (Wildman–Crippen LogP) is 0.796. The van der Waals surface area contributed by atoms with Gasteiger partial charge in [0, 0.05) is 5.92 Å². The zero-order chi connectivity index (χ0) is 8.43. The first-order valence-electron chi connectivity index (χ1n) is 3.36. The van der Waals surface area contributed by atoms with E-state index in [9.17, 15) is 0 Å². The van der Waals surface area contributed by atoms with Gasteiger partial charge in [-0.05, 0) is 0 Å². The lowest BCUT2D eigenvalue weighted by Gasteiger charge is -2.03. The summed E-state index contributed by atoms with van der Waals surface area (Å²) in [7, 11) is 0. The van der Waals surface area contributed by atoms with Crippen LogP contribution in [-0.2, 0) is 0 Å². The third-order valence-corrected chi connectivity index (χ3v) is 1.20. The van der Waals surface area contributed by atoms with Crippen LogP contribution in [0.15, 0.2) is 0 Å². The smallest absolute Gasteiger partial charge is 0.225 e. The maximum absolute atomic E-state index is 5.36. The number of rotatable bonds is 1. The molecule has 5 nitrogen and oxygen atoms in total. The van der Waals surface area contributed by atoms with E-state index in [4.69, 9.17) is 11.5 Å². The monoisotopic (exact) mass is 169 g/mol. The Morgan fingerprint density at radius 3 is 1.75 bits per heavy atom. The summed E-state index contributed by atoms with van der Waals surface area (Å²) in [6.07, 6.45) is 0. The van der Waals surface area contributed by atoms with E-state index in [0.29, 0.717) is 5.82 Å². The van der Waals surface area contributed by atoms with Crippen molar-refractivity contribution in [2.24, 2.45) is 0 Å². The normalized spacial score (nSPS) is 9.58. The molecule has 1 heterocycles. The van der Waals surface area contributed by atoms with Gasteiger partial charge in [-0.1, -0.05) is 21.3 Å². The summed E-state index contributed by atoms with van der Waals surface area (Å²) in [5, 5.41) is 0. The van der Waals surface area contributed by atoms with Crippen molar-refractivity contribution in [3.8, 4) is 0 Å². The third kappa shape index (κ3) is 2.34. The zero-order valence-electron chi connectivity index (χ0n) is 6.57. The highest BCUT2D eigenvalue weighted by atomic mass is 15.1. The van der Waals surface area contributed by atoms with Crippen molar-refractivity contribution in [2.75, 3.05) is 11.5 Å². The van der Waals surface area contributed by atoms with Crippen molar-refractivity contribution in [2.45, 2.75) is 27.2 Å². The summed E-state index contributed by atoms with van der Waals surface area (Å²) in [4.78, 5) is 11.5. The van der Waals surface area contributed by atoms with Crippen LogP contribution in [0.25, 0.3) is 0 Å². The van der Waals surface area contributed by atoms with E-state index in [1.807, 2.05) is 13.8 Å². The molecule has 0 spiro atoms. The first-order chi connectivity index (χ1) is 5.09. The lowest BCUT2D eigenvalue weighted by molar-refractivity contribution is 0.768. The minimum atomic E-state index is 0. The molecule has 0 unspecified atom stereocenters. The van der Waals surface area contributed by atoms with Gasteiger partial charge in [0.05, 0.1) is 0 Å². The maximum atomic E-state index is 5.36. The van der Waals surface area contributed by atoms with Crippen LogP contribution in [0.2, 0.25) is 0 Å². The number of hydrogen-bond acceptors (Lipinski definition) is 5. The fourth-order valence-electron chi connectivity index (χ4n) is 0.685. The van der Waals surface area contributed by atoms with Crippen LogP contribution < -0.4 is 11.5 Å². The first kappa shape index (κ1) is 10.6. The van der Waals surface area contributed by atoms with Crippen molar-refractivity contribution >= 4 is 11.9 Å². The lowest BCUT2D eigenvalue weighted by Crippen LogP contribution is -2.07. The highest BCUT2D eigenvalue weighted by molar-refractivity contribution is 5.26. The number of nitrogen functional groups attached to an aromatic ring is 2. The second kappa shape index (κ2) is 3.85. The van der Waals surface area contributed by atoms with Crippen LogP contribution in [0.1, 0.15) is 33.0 Å². The van der Waals surface area contributed by atoms with Gasteiger partial charge in [-0.3, -0.25) is 0 Å². The van der Waals surface area contributed by atoms with Gasteiger partial charge in [0.25, 0.3) is 0 Å². The number of hydrogen-bond donors (Lipinski definition) is 2. The molecule has 0 aliphatic carbocycles. The van der Waals surface area contributed by atoms with Crippen LogP contribution in [0, 0.1) is 0 Å². The molecule has 0 aliphatic heterocycles. The highest BCUT2D eigenvalue weighted by Gasteiger charge is 2.04. The summed E-state index contributed by atoms with van der Waals surface area (Å²) in [5.41, 5.74) is 10.7. The predicted molar refractivity (Wildman–Crippen MR) is 49.5 cm³/mol. The molecular weight excluding hydrogens is 154 g/mol. The Kier molecular flexibility index (Phi) is 3.40. The number of aromatic nitrogens is 3. The molecule has 1 rings (SSSR count). The molecule has 1 aromatic rings. The Bertz CT molecular complexity index is 238. The van der Waals surface area contributed by atoms with Crippen molar-refractivity contribution in [1.29, 1.82) is 0 Å². The largest absolute Gasteiger partial charge is 0.368 e. The van der Waals surface area contributed by atoms with Crippen molar-refractivity contribution in [3.05, 3.63) is 5.82 Å². The molecule has 0 aliphatic rings. The molecule has 1 aromatic heterocycles. The third-order valence-electron chi connectivity index (χ3n) is 1.20. The van der Waals surface area contributed by atoms with Crippen LogP contribution in [0.3, 0.4) is 0 Å². The first-order valence-corrected chi connectivity index (χ1v) is 3.36. The molecule has 68 valence electrons. The van der Waals surface area contributed by atoms with Crippen LogP contribution >= 0.6 is 0 Å². The molecule has 12 heavy (non-hydrogen) atoms. The summed E-state index contributed by atoms with van der Waals surface area (Å²) in [6, 6.07) is 0. The van der Waals surface area contributed by atoms with Gasteiger partial charge in [-0.15, -0.1) is 0 Å². The molecule has 0 atom stereocenters. The van der Waals surface area contributed by atoms with Gasteiger partial charge in [-0.25, -0.2) is 0 Å². The molecule has 0 saturated heterocycles. The summed E-state index contributed by atoms with van der Waals surface area (Å²) in [5.74, 6) is 1.22. The van der Waals surface area contributed by atoms with E-state index in [0.717, 1.165) is 0 Å². The topological polar surface area (TPSA) is 90.7 Å². The van der Waals surface area contributed by atoms with Crippen LogP contribution in [0.4, 0.5) is 11.9 Å². The van der Waals surface area contributed by atoms with Crippen molar-refractivity contribution in [1.82, 2.24) is 15.0 Å². The second-order valence-corrected chi connectivity index (χ2v) is 2.56. The molecule has 4 N–H and O–H groups in total. The number of nitrogens with two attached hydrogens (primary N) is 2. The van der Waals surface area contributed by atoms with Gasteiger partial charge in [0.15, 0.2) is 0 Å². The summed E-state index contributed by atoms with van der Waals surface area (Å²) in [6.45, 7) is 3.93. The Hall–Kier alpha value is -1.39. The lowest BCUT2D eigenvalue weighted by atomic mass is 10.2. The SMILES string of the molecule is C.CC(C)c1nc(N)nc(N)n1. The Labute approximate surface area is 72.2 Å². The fraction of sp³-hybridized carbons (Fsp3) is 0.571. The van der Waals surface area contributed by atoms with E-state index < -0.39 is 0 Å². The van der Waals surface area contributed by atoms with Crippen LogP contribution in [0.5, 0.6) is 0 Å². The Morgan fingerprint density at radius 2 is 1.42 bits per heavy atom. The summed E-state index contributed by atoms with van der Waals surface area (Å²) < 4.78 is 0. The van der Waals surface area contributed by atoms with Crippen molar-refractivity contribution < 1.29 is 0 Å². The van der Waals surface area contributed by atoms with E-state index >= 15 is 0 Å². The van der Waals surface area contributed by atoms with Gasteiger partial charge in [0.2, 0.25) is 11.9 Å². The zero-order valence-corrected chi connectivity index (χ0v) is 6.57. The molecule has 0 aromatic carbocycles.